The Morgan fingerprint density at radius 3 is 2.92 bits per heavy atom. The molecule has 0 fully saturated rings. The fraction of sp³-hybridized carbons (Fsp3) is 0.375. The van der Waals surface area contributed by atoms with Crippen LogP contribution in [0.25, 0.3) is 0 Å². The van der Waals surface area contributed by atoms with E-state index in [4.69, 9.17) is 0 Å². The molecule has 2 nitrogen and oxygen atoms in total. The average Bonchev–Trinajstić information content (AvgIpc) is 2.49. The molecule has 12 heavy (non-hydrogen) atoms. The van der Waals surface area contributed by atoms with Gasteiger partial charge in [0.15, 0.2) is 0 Å². The second kappa shape index (κ2) is 2.79. The van der Waals surface area contributed by atoms with Crippen molar-refractivity contribution in [1.82, 2.24) is 10.3 Å². The van der Waals surface area contributed by atoms with E-state index in [0.717, 1.165) is 17.8 Å². The Balaban J connectivity index is 2.39. The lowest BCUT2D eigenvalue weighted by Gasteiger charge is -2.00. The molecule has 0 atom stereocenters. The van der Waals surface area contributed by atoms with Gasteiger partial charge >= 0.3 is 0 Å². The third kappa shape index (κ3) is 1.18. The van der Waals surface area contributed by atoms with Gasteiger partial charge in [-0.1, -0.05) is 6.07 Å². The summed E-state index contributed by atoms with van der Waals surface area (Å²) in [5.41, 5.74) is 1.66. The number of alkyl halides is 2. The molecule has 0 radical (unpaired) electrons. The lowest BCUT2D eigenvalue weighted by atomic mass is 10.2. The summed E-state index contributed by atoms with van der Waals surface area (Å²) in [7, 11) is 0. The van der Waals surface area contributed by atoms with Crippen molar-refractivity contribution < 1.29 is 8.78 Å². The minimum atomic E-state index is -2.46. The highest BCUT2D eigenvalue weighted by atomic mass is 19.3. The highest BCUT2D eigenvalue weighted by molar-refractivity contribution is 5.26. The first kappa shape index (κ1) is 7.61. The predicted molar refractivity (Wildman–Crippen MR) is 39.7 cm³/mol. The summed E-state index contributed by atoms with van der Waals surface area (Å²) in [6, 6.07) is 3.10. The third-order valence-electron chi connectivity index (χ3n) is 1.92. The van der Waals surface area contributed by atoms with Gasteiger partial charge in [0.25, 0.3) is 6.43 Å². The molecule has 1 aliphatic heterocycles. The molecule has 0 aromatic carbocycles. The van der Waals surface area contributed by atoms with Crippen LogP contribution in [0.4, 0.5) is 8.78 Å². The monoisotopic (exact) mass is 170 g/mol. The van der Waals surface area contributed by atoms with E-state index in [2.05, 4.69) is 10.3 Å². The molecule has 1 aromatic rings. The van der Waals surface area contributed by atoms with Crippen molar-refractivity contribution in [3.8, 4) is 0 Å². The van der Waals surface area contributed by atoms with Gasteiger partial charge in [0.05, 0.1) is 5.69 Å². The molecule has 0 amide bonds. The Morgan fingerprint density at radius 1 is 1.33 bits per heavy atom. The van der Waals surface area contributed by atoms with Crippen LogP contribution in [0.1, 0.15) is 23.4 Å². The van der Waals surface area contributed by atoms with Crippen LogP contribution in [-0.2, 0) is 13.1 Å². The minimum Gasteiger partial charge on any atom is -0.307 e. The molecule has 0 saturated heterocycles. The zero-order chi connectivity index (χ0) is 8.55. The van der Waals surface area contributed by atoms with Crippen molar-refractivity contribution in [2.75, 3.05) is 0 Å². The van der Waals surface area contributed by atoms with Crippen LogP contribution in [0.3, 0.4) is 0 Å². The molecule has 0 aliphatic carbocycles. The van der Waals surface area contributed by atoms with Crippen LogP contribution in [0.5, 0.6) is 0 Å². The zero-order valence-corrected chi connectivity index (χ0v) is 6.35. The van der Waals surface area contributed by atoms with Gasteiger partial charge in [0.2, 0.25) is 0 Å². The van der Waals surface area contributed by atoms with E-state index in [0.29, 0.717) is 6.54 Å². The van der Waals surface area contributed by atoms with E-state index in [9.17, 15) is 8.78 Å². The summed E-state index contributed by atoms with van der Waals surface area (Å²) in [6.45, 7) is 1.35. The fourth-order valence-corrected chi connectivity index (χ4v) is 1.30. The zero-order valence-electron chi connectivity index (χ0n) is 6.35. The van der Waals surface area contributed by atoms with E-state index >= 15 is 0 Å². The Morgan fingerprint density at radius 2 is 2.17 bits per heavy atom. The number of hydrogen-bond acceptors (Lipinski definition) is 2. The normalized spacial score (nSPS) is 15.2. The number of halogens is 2. The lowest BCUT2D eigenvalue weighted by molar-refractivity contribution is 0.146. The SMILES string of the molecule is FC(F)c1ccc2c(n1)CNC2. The lowest BCUT2D eigenvalue weighted by Crippen LogP contribution is -2.00. The first-order valence-corrected chi connectivity index (χ1v) is 3.75. The number of nitrogens with zero attached hydrogens (tertiary/aromatic N) is 1. The minimum absolute atomic E-state index is 0.127. The van der Waals surface area contributed by atoms with Gasteiger partial charge in [0.1, 0.15) is 5.69 Å². The predicted octanol–water partition coefficient (Wildman–Crippen LogP) is 1.62. The molecule has 1 aromatic heterocycles. The summed E-state index contributed by atoms with van der Waals surface area (Å²) in [5, 5.41) is 3.05. The Labute approximate surface area is 68.6 Å². The van der Waals surface area contributed by atoms with Gasteiger partial charge < -0.3 is 5.32 Å². The van der Waals surface area contributed by atoms with E-state index in [1.807, 2.05) is 0 Å². The summed E-state index contributed by atoms with van der Waals surface area (Å²) in [5.74, 6) is 0. The summed E-state index contributed by atoms with van der Waals surface area (Å²) < 4.78 is 24.3. The van der Waals surface area contributed by atoms with Crippen molar-refractivity contribution in [3.63, 3.8) is 0 Å². The molecule has 64 valence electrons. The van der Waals surface area contributed by atoms with Crippen molar-refractivity contribution in [1.29, 1.82) is 0 Å². The van der Waals surface area contributed by atoms with Crippen LogP contribution in [0.2, 0.25) is 0 Å². The average molecular weight is 170 g/mol. The summed E-state index contributed by atoms with van der Waals surface area (Å²) in [4.78, 5) is 3.84. The molecule has 0 saturated carbocycles. The number of pyridine rings is 1. The Kier molecular flexibility index (Phi) is 1.77. The second-order valence-corrected chi connectivity index (χ2v) is 2.75. The Bertz CT molecular complexity index is 299. The number of aromatic nitrogens is 1. The maximum atomic E-state index is 12.2. The second-order valence-electron chi connectivity index (χ2n) is 2.75. The van der Waals surface area contributed by atoms with Gasteiger partial charge in [0, 0.05) is 13.1 Å². The van der Waals surface area contributed by atoms with Gasteiger partial charge in [-0.3, -0.25) is 4.98 Å². The van der Waals surface area contributed by atoms with Crippen LogP contribution >= 0.6 is 0 Å². The maximum absolute atomic E-state index is 12.2. The molecule has 2 rings (SSSR count). The van der Waals surface area contributed by atoms with E-state index < -0.39 is 6.43 Å². The molecule has 4 heteroatoms. The van der Waals surface area contributed by atoms with Crippen molar-refractivity contribution in [2.45, 2.75) is 19.5 Å². The van der Waals surface area contributed by atoms with Gasteiger partial charge in [-0.05, 0) is 11.6 Å². The largest absolute Gasteiger partial charge is 0.307 e. The quantitative estimate of drug-likeness (QED) is 0.692. The van der Waals surface area contributed by atoms with Crippen LogP contribution in [0, 0.1) is 0 Å². The molecule has 2 heterocycles. The van der Waals surface area contributed by atoms with Crippen LogP contribution in [-0.4, -0.2) is 4.98 Å². The maximum Gasteiger partial charge on any atom is 0.280 e. The highest BCUT2D eigenvalue weighted by Gasteiger charge is 2.15. The molecular weight excluding hydrogens is 162 g/mol. The van der Waals surface area contributed by atoms with Crippen molar-refractivity contribution in [2.24, 2.45) is 0 Å². The molecule has 1 aliphatic rings. The smallest absolute Gasteiger partial charge is 0.280 e. The van der Waals surface area contributed by atoms with E-state index in [-0.39, 0.29) is 5.69 Å². The number of hydrogen-bond donors (Lipinski definition) is 1. The molecule has 1 N–H and O–H groups in total. The van der Waals surface area contributed by atoms with Crippen molar-refractivity contribution >= 4 is 0 Å². The topological polar surface area (TPSA) is 24.9 Å². The fourth-order valence-electron chi connectivity index (χ4n) is 1.30. The highest BCUT2D eigenvalue weighted by Crippen LogP contribution is 2.20. The first-order valence-electron chi connectivity index (χ1n) is 3.75. The number of rotatable bonds is 1. The first-order chi connectivity index (χ1) is 5.77. The van der Waals surface area contributed by atoms with Crippen LogP contribution < -0.4 is 5.32 Å². The number of nitrogens with one attached hydrogen (secondary N) is 1. The van der Waals surface area contributed by atoms with Gasteiger partial charge in [-0.25, -0.2) is 8.78 Å². The Hall–Kier alpha value is -1.03. The van der Waals surface area contributed by atoms with Crippen molar-refractivity contribution in [3.05, 3.63) is 29.1 Å². The molecule has 0 spiro atoms. The van der Waals surface area contributed by atoms with Gasteiger partial charge in [-0.2, -0.15) is 0 Å². The van der Waals surface area contributed by atoms with E-state index in [1.54, 1.807) is 6.07 Å². The standard InChI is InChI=1S/C8H8F2N2/c9-8(10)6-2-1-5-3-11-4-7(5)12-6/h1-2,8,11H,3-4H2. The van der Waals surface area contributed by atoms with Gasteiger partial charge in [-0.15, -0.1) is 0 Å². The number of fused-ring (bicyclic) bond motifs is 1. The summed E-state index contributed by atoms with van der Waals surface area (Å²) in [6.07, 6.45) is -2.46. The molecular formula is C8H8F2N2. The third-order valence-corrected chi connectivity index (χ3v) is 1.92. The summed E-state index contributed by atoms with van der Waals surface area (Å²) >= 11 is 0. The van der Waals surface area contributed by atoms with Crippen LogP contribution in [0.15, 0.2) is 12.1 Å². The molecule has 0 bridgehead atoms. The van der Waals surface area contributed by atoms with E-state index in [1.165, 1.54) is 6.07 Å². The molecule has 0 unspecified atom stereocenters.